The van der Waals surface area contributed by atoms with Gasteiger partial charge < -0.3 is 11.1 Å². The minimum Gasteiger partial charge on any atom is -0.398 e. The van der Waals surface area contributed by atoms with Gasteiger partial charge in [0, 0.05) is 11.4 Å². The van der Waals surface area contributed by atoms with Crippen molar-refractivity contribution in [3.63, 3.8) is 0 Å². The largest absolute Gasteiger partial charge is 0.398 e. The van der Waals surface area contributed by atoms with Crippen molar-refractivity contribution in [2.45, 2.75) is 13.8 Å². The number of benzene rings is 2. The molecule has 0 radical (unpaired) electrons. The van der Waals surface area contributed by atoms with Crippen LogP contribution < -0.4 is 11.1 Å². The lowest BCUT2D eigenvalue weighted by Crippen LogP contribution is -2.15. The Labute approximate surface area is 125 Å². The maximum atomic E-state index is 13.5. The zero-order chi connectivity index (χ0) is 14.9. The minimum absolute atomic E-state index is 0.351. The van der Waals surface area contributed by atoms with Crippen LogP contribution in [-0.4, -0.2) is 5.91 Å². The Hall–Kier alpha value is -1.88. The van der Waals surface area contributed by atoms with Gasteiger partial charge in [0.15, 0.2) is 0 Å². The van der Waals surface area contributed by atoms with Crippen LogP contribution in [0.25, 0.3) is 0 Å². The Balaban J connectivity index is 2.32. The van der Waals surface area contributed by atoms with E-state index in [1.165, 1.54) is 6.07 Å². The van der Waals surface area contributed by atoms with E-state index >= 15 is 0 Å². The first-order chi connectivity index (χ1) is 9.38. The fourth-order valence-electron chi connectivity index (χ4n) is 1.84. The van der Waals surface area contributed by atoms with Crippen LogP contribution in [0.2, 0.25) is 0 Å². The molecule has 0 aliphatic rings. The third-order valence-corrected chi connectivity index (χ3v) is 3.58. The van der Waals surface area contributed by atoms with Crippen LogP contribution in [0.1, 0.15) is 21.5 Å². The highest BCUT2D eigenvalue weighted by molar-refractivity contribution is 9.10. The van der Waals surface area contributed by atoms with Gasteiger partial charge in [-0.3, -0.25) is 4.79 Å². The van der Waals surface area contributed by atoms with Gasteiger partial charge in [0.2, 0.25) is 0 Å². The number of carbonyl (C=O) groups excluding carboxylic acids is 1. The molecule has 0 saturated heterocycles. The van der Waals surface area contributed by atoms with Gasteiger partial charge >= 0.3 is 0 Å². The Bertz CT molecular complexity index is 686. The molecular formula is C15H14BrFN2O. The zero-order valence-corrected chi connectivity index (χ0v) is 12.7. The predicted octanol–water partition coefficient (Wildman–Crippen LogP) is 4.04. The number of rotatable bonds is 2. The summed E-state index contributed by atoms with van der Waals surface area (Å²) in [6, 6.07) is 8.11. The first-order valence-electron chi connectivity index (χ1n) is 6.01. The number of halogens is 2. The summed E-state index contributed by atoms with van der Waals surface area (Å²) in [7, 11) is 0. The molecule has 3 nitrogen and oxygen atoms in total. The Kier molecular flexibility index (Phi) is 4.09. The second kappa shape index (κ2) is 5.63. The number of aryl methyl sites for hydroxylation is 2. The number of hydrogen-bond donors (Lipinski definition) is 2. The van der Waals surface area contributed by atoms with E-state index in [9.17, 15) is 9.18 Å². The van der Waals surface area contributed by atoms with Crippen molar-refractivity contribution < 1.29 is 9.18 Å². The fourth-order valence-corrected chi connectivity index (χ4v) is 2.30. The molecule has 0 atom stereocenters. The van der Waals surface area contributed by atoms with E-state index in [0.29, 0.717) is 21.4 Å². The second-order valence-corrected chi connectivity index (χ2v) is 5.48. The lowest BCUT2D eigenvalue weighted by molar-refractivity contribution is 0.102. The number of amides is 1. The van der Waals surface area contributed by atoms with Gasteiger partial charge in [0.05, 0.1) is 10.0 Å². The molecule has 104 valence electrons. The molecule has 0 aromatic heterocycles. The van der Waals surface area contributed by atoms with Gasteiger partial charge in [-0.2, -0.15) is 0 Å². The summed E-state index contributed by atoms with van der Waals surface area (Å²) in [5.41, 5.74) is 8.69. The van der Waals surface area contributed by atoms with Crippen molar-refractivity contribution in [1.82, 2.24) is 0 Å². The lowest BCUT2D eigenvalue weighted by atomic mass is 10.1. The molecule has 0 unspecified atom stereocenters. The zero-order valence-electron chi connectivity index (χ0n) is 11.1. The molecule has 0 aliphatic heterocycles. The number of hydrogen-bond acceptors (Lipinski definition) is 2. The molecule has 0 fully saturated rings. The van der Waals surface area contributed by atoms with E-state index in [0.717, 1.165) is 11.1 Å². The summed E-state index contributed by atoms with van der Waals surface area (Å²) in [6.45, 7) is 3.67. The molecule has 3 N–H and O–H groups in total. The highest BCUT2D eigenvalue weighted by Gasteiger charge is 2.13. The average Bonchev–Trinajstić information content (AvgIpc) is 2.38. The van der Waals surface area contributed by atoms with Crippen molar-refractivity contribution >= 4 is 33.2 Å². The molecule has 2 aromatic carbocycles. The topological polar surface area (TPSA) is 55.1 Å². The van der Waals surface area contributed by atoms with Crippen LogP contribution in [0, 0.1) is 19.7 Å². The van der Waals surface area contributed by atoms with E-state index < -0.39 is 5.82 Å². The normalized spacial score (nSPS) is 10.4. The molecular weight excluding hydrogens is 323 g/mol. The van der Waals surface area contributed by atoms with Gasteiger partial charge in [-0.1, -0.05) is 11.6 Å². The number of anilines is 2. The van der Waals surface area contributed by atoms with Crippen molar-refractivity contribution in [3.05, 3.63) is 57.3 Å². The highest BCUT2D eigenvalue weighted by Crippen LogP contribution is 2.25. The van der Waals surface area contributed by atoms with Crippen LogP contribution in [0.4, 0.5) is 15.8 Å². The molecule has 0 bridgehead atoms. The van der Waals surface area contributed by atoms with Crippen molar-refractivity contribution in [1.29, 1.82) is 0 Å². The van der Waals surface area contributed by atoms with Gasteiger partial charge in [-0.15, -0.1) is 0 Å². The molecule has 0 saturated carbocycles. The van der Waals surface area contributed by atoms with E-state index in [-0.39, 0.29) is 5.91 Å². The van der Waals surface area contributed by atoms with Crippen LogP contribution >= 0.6 is 15.9 Å². The highest BCUT2D eigenvalue weighted by atomic mass is 79.9. The van der Waals surface area contributed by atoms with Crippen molar-refractivity contribution in [2.75, 3.05) is 11.1 Å². The third-order valence-electron chi connectivity index (χ3n) is 2.97. The monoisotopic (exact) mass is 336 g/mol. The molecule has 20 heavy (non-hydrogen) atoms. The molecule has 2 rings (SSSR count). The Morgan fingerprint density at radius 3 is 2.65 bits per heavy atom. The molecule has 0 heterocycles. The SMILES string of the molecule is Cc1ccc(N)c(C(=O)Nc2cc(F)c(Br)cc2C)c1. The van der Waals surface area contributed by atoms with Gasteiger partial charge in [-0.05, 0) is 59.6 Å². The molecule has 0 spiro atoms. The molecule has 0 aliphatic carbocycles. The fraction of sp³-hybridized carbons (Fsp3) is 0.133. The van der Waals surface area contributed by atoms with Gasteiger partial charge in [-0.25, -0.2) is 4.39 Å². The summed E-state index contributed by atoms with van der Waals surface area (Å²) in [6.07, 6.45) is 0. The minimum atomic E-state index is -0.428. The van der Waals surface area contributed by atoms with Gasteiger partial charge in [0.1, 0.15) is 5.82 Å². The quantitative estimate of drug-likeness (QED) is 0.813. The smallest absolute Gasteiger partial charge is 0.257 e. The maximum Gasteiger partial charge on any atom is 0.257 e. The summed E-state index contributed by atoms with van der Waals surface area (Å²) < 4.78 is 13.9. The first-order valence-corrected chi connectivity index (χ1v) is 6.81. The standard InChI is InChI=1S/C15H14BrFN2O/c1-8-3-4-13(18)10(5-8)15(20)19-14-7-12(17)11(16)6-9(14)2/h3-7H,18H2,1-2H3,(H,19,20). The summed E-state index contributed by atoms with van der Waals surface area (Å²) in [5.74, 6) is -0.779. The summed E-state index contributed by atoms with van der Waals surface area (Å²) in [4.78, 5) is 12.2. The van der Waals surface area contributed by atoms with E-state index in [4.69, 9.17) is 5.73 Å². The Morgan fingerprint density at radius 2 is 1.95 bits per heavy atom. The molecule has 5 heteroatoms. The van der Waals surface area contributed by atoms with E-state index in [2.05, 4.69) is 21.2 Å². The van der Waals surface area contributed by atoms with Crippen LogP contribution in [0.15, 0.2) is 34.8 Å². The summed E-state index contributed by atoms with van der Waals surface area (Å²) >= 11 is 3.10. The average molecular weight is 337 g/mol. The van der Waals surface area contributed by atoms with E-state index in [1.54, 1.807) is 25.1 Å². The number of nitrogens with one attached hydrogen (secondary N) is 1. The molecule has 2 aromatic rings. The molecule has 1 amide bonds. The van der Waals surface area contributed by atoms with Crippen LogP contribution in [-0.2, 0) is 0 Å². The van der Waals surface area contributed by atoms with E-state index in [1.807, 2.05) is 13.0 Å². The number of nitrogens with two attached hydrogens (primary N) is 1. The van der Waals surface area contributed by atoms with Crippen molar-refractivity contribution in [2.24, 2.45) is 0 Å². The number of nitrogen functional groups attached to an aromatic ring is 1. The van der Waals surface area contributed by atoms with Crippen LogP contribution in [0.3, 0.4) is 0 Å². The second-order valence-electron chi connectivity index (χ2n) is 4.63. The lowest BCUT2D eigenvalue weighted by Gasteiger charge is -2.11. The van der Waals surface area contributed by atoms with Crippen LogP contribution in [0.5, 0.6) is 0 Å². The van der Waals surface area contributed by atoms with Gasteiger partial charge in [0.25, 0.3) is 5.91 Å². The number of carbonyl (C=O) groups is 1. The third kappa shape index (κ3) is 2.99. The summed E-state index contributed by atoms with van der Waals surface area (Å²) in [5, 5.41) is 2.68. The Morgan fingerprint density at radius 1 is 1.25 bits per heavy atom. The maximum absolute atomic E-state index is 13.5. The predicted molar refractivity (Wildman–Crippen MR) is 82.4 cm³/mol. The van der Waals surface area contributed by atoms with Crippen molar-refractivity contribution in [3.8, 4) is 0 Å². The first kappa shape index (κ1) is 14.5.